The van der Waals surface area contributed by atoms with Crippen LogP contribution in [0.2, 0.25) is 0 Å². The molecule has 0 bridgehead atoms. The average molecular weight is 356 g/mol. The molecule has 2 heterocycles. The van der Waals surface area contributed by atoms with Crippen LogP contribution in [0.25, 0.3) is 0 Å². The van der Waals surface area contributed by atoms with Gasteiger partial charge in [-0.25, -0.2) is 9.80 Å². The van der Waals surface area contributed by atoms with Gasteiger partial charge in [0.2, 0.25) is 0 Å². The minimum atomic E-state index is -1.09. The molecule has 1 aromatic carbocycles. The molecule has 9 heteroatoms. The van der Waals surface area contributed by atoms with E-state index in [2.05, 4.69) is 5.10 Å². The maximum Gasteiger partial charge on any atom is 0.347 e. The zero-order chi connectivity index (χ0) is 18.7. The van der Waals surface area contributed by atoms with Crippen molar-refractivity contribution in [1.82, 2.24) is 9.91 Å². The van der Waals surface area contributed by atoms with Crippen LogP contribution in [0.4, 0.5) is 10.5 Å². The summed E-state index contributed by atoms with van der Waals surface area (Å²) in [5.41, 5.74) is 6.96. The number of urea groups is 1. The van der Waals surface area contributed by atoms with E-state index >= 15 is 0 Å². The summed E-state index contributed by atoms with van der Waals surface area (Å²) in [5.74, 6) is -1.73. The monoisotopic (exact) mass is 356 g/mol. The number of rotatable bonds is 5. The van der Waals surface area contributed by atoms with Gasteiger partial charge < -0.3 is 15.3 Å². The van der Waals surface area contributed by atoms with Crippen molar-refractivity contribution >= 4 is 29.8 Å². The molecule has 1 saturated heterocycles. The number of carbonyl (C=O) groups is 3. The van der Waals surface area contributed by atoms with Gasteiger partial charge in [-0.15, -0.1) is 0 Å². The van der Waals surface area contributed by atoms with E-state index in [4.69, 9.17) is 15.3 Å². The van der Waals surface area contributed by atoms with Gasteiger partial charge in [-0.1, -0.05) is 12.1 Å². The maximum atomic E-state index is 12.8. The number of carboxylic acid groups (broad SMARTS) is 1. The minimum Gasteiger partial charge on any atom is -0.481 e. The van der Waals surface area contributed by atoms with E-state index < -0.39 is 17.9 Å². The summed E-state index contributed by atoms with van der Waals surface area (Å²) < 4.78 is 4.91. The number of amides is 3. The number of nitrogen functional groups attached to an aromatic ring is 1. The van der Waals surface area contributed by atoms with Crippen molar-refractivity contribution in [2.75, 3.05) is 18.8 Å². The van der Waals surface area contributed by atoms with Crippen LogP contribution in [0.1, 0.15) is 21.5 Å². The molecule has 1 aliphatic rings. The van der Waals surface area contributed by atoms with Crippen LogP contribution in [0.3, 0.4) is 0 Å². The van der Waals surface area contributed by atoms with Crippen LogP contribution in [0.15, 0.2) is 46.3 Å². The van der Waals surface area contributed by atoms with E-state index in [1.807, 2.05) is 0 Å². The second-order valence-corrected chi connectivity index (χ2v) is 5.62. The van der Waals surface area contributed by atoms with Crippen LogP contribution in [0, 0.1) is 0 Å². The van der Waals surface area contributed by atoms with Crippen LogP contribution in [-0.2, 0) is 11.2 Å². The molecule has 0 radical (unpaired) electrons. The van der Waals surface area contributed by atoms with Crippen LogP contribution >= 0.6 is 0 Å². The van der Waals surface area contributed by atoms with Gasteiger partial charge in [-0.2, -0.15) is 5.10 Å². The summed E-state index contributed by atoms with van der Waals surface area (Å²) in [4.78, 5) is 37.3. The molecule has 1 aromatic heterocycles. The molecule has 0 aliphatic carbocycles. The van der Waals surface area contributed by atoms with Gasteiger partial charge in [0, 0.05) is 11.3 Å². The fraction of sp³-hybridized carbons (Fsp3) is 0.176. The summed E-state index contributed by atoms with van der Waals surface area (Å²) >= 11 is 0. The molecule has 26 heavy (non-hydrogen) atoms. The summed E-state index contributed by atoms with van der Waals surface area (Å²) in [6.45, 7) is 0.348. The number of nitrogens with two attached hydrogens (primary N) is 1. The van der Waals surface area contributed by atoms with E-state index in [9.17, 15) is 14.4 Å². The lowest BCUT2D eigenvalue weighted by molar-refractivity contribution is -0.136. The Kier molecular flexibility index (Phi) is 4.70. The van der Waals surface area contributed by atoms with Gasteiger partial charge in [-0.05, 0) is 17.7 Å². The van der Waals surface area contributed by atoms with E-state index in [0.29, 0.717) is 5.56 Å². The Morgan fingerprint density at radius 1 is 1.31 bits per heavy atom. The van der Waals surface area contributed by atoms with Crippen molar-refractivity contribution in [2.24, 2.45) is 5.10 Å². The summed E-state index contributed by atoms with van der Waals surface area (Å²) in [6, 6.07) is 5.65. The molecule has 3 amide bonds. The van der Waals surface area contributed by atoms with E-state index in [1.165, 1.54) is 30.9 Å². The number of benzene rings is 1. The SMILES string of the molecule is Nc1cccc(CC(=O)O)c1C(=O)N1CCN(N=Cc2ccoc2)C1=O. The van der Waals surface area contributed by atoms with E-state index in [1.54, 1.807) is 12.1 Å². The summed E-state index contributed by atoms with van der Waals surface area (Å²) in [6.07, 6.45) is 4.03. The number of nitrogens with zero attached hydrogens (tertiary/aromatic N) is 3. The second-order valence-electron chi connectivity index (χ2n) is 5.62. The third kappa shape index (κ3) is 3.41. The predicted molar refractivity (Wildman–Crippen MR) is 91.6 cm³/mol. The average Bonchev–Trinajstić information content (AvgIpc) is 3.22. The molecule has 2 aromatic rings. The molecule has 1 aliphatic heterocycles. The topological polar surface area (TPSA) is 129 Å². The molecule has 3 N–H and O–H groups in total. The van der Waals surface area contributed by atoms with Gasteiger partial charge in [0.1, 0.15) is 0 Å². The van der Waals surface area contributed by atoms with Crippen molar-refractivity contribution in [2.45, 2.75) is 6.42 Å². The molecule has 0 unspecified atom stereocenters. The van der Waals surface area contributed by atoms with E-state index in [0.717, 1.165) is 9.91 Å². The largest absolute Gasteiger partial charge is 0.481 e. The van der Waals surface area contributed by atoms with Crippen molar-refractivity contribution < 1.29 is 23.9 Å². The highest BCUT2D eigenvalue weighted by atomic mass is 16.4. The summed E-state index contributed by atoms with van der Waals surface area (Å²) in [5, 5.41) is 14.2. The Morgan fingerprint density at radius 3 is 2.81 bits per heavy atom. The highest BCUT2D eigenvalue weighted by molar-refractivity contribution is 6.09. The quantitative estimate of drug-likeness (QED) is 0.615. The first-order valence-electron chi connectivity index (χ1n) is 7.76. The lowest BCUT2D eigenvalue weighted by atomic mass is 10.0. The Morgan fingerprint density at radius 2 is 2.12 bits per heavy atom. The summed E-state index contributed by atoms with van der Waals surface area (Å²) in [7, 11) is 0. The molecular weight excluding hydrogens is 340 g/mol. The number of hydrazone groups is 1. The number of carboxylic acids is 1. The zero-order valence-corrected chi connectivity index (χ0v) is 13.7. The van der Waals surface area contributed by atoms with Gasteiger partial charge >= 0.3 is 12.0 Å². The Balaban J connectivity index is 1.81. The minimum absolute atomic E-state index is 0.0314. The first-order chi connectivity index (χ1) is 12.5. The third-order valence-electron chi connectivity index (χ3n) is 3.86. The van der Waals surface area contributed by atoms with Gasteiger partial charge in [0.25, 0.3) is 5.91 Å². The molecule has 9 nitrogen and oxygen atoms in total. The highest BCUT2D eigenvalue weighted by Gasteiger charge is 2.35. The number of furan rings is 1. The van der Waals surface area contributed by atoms with E-state index in [-0.39, 0.29) is 36.3 Å². The third-order valence-corrected chi connectivity index (χ3v) is 3.86. The van der Waals surface area contributed by atoms with Crippen LogP contribution in [0.5, 0.6) is 0 Å². The van der Waals surface area contributed by atoms with Crippen molar-refractivity contribution in [3.05, 3.63) is 53.5 Å². The smallest absolute Gasteiger partial charge is 0.347 e. The molecule has 1 fully saturated rings. The normalized spacial score (nSPS) is 14.4. The van der Waals surface area contributed by atoms with Gasteiger partial charge in [-0.3, -0.25) is 14.5 Å². The first-order valence-corrected chi connectivity index (χ1v) is 7.76. The van der Waals surface area contributed by atoms with Crippen molar-refractivity contribution in [3.63, 3.8) is 0 Å². The molecule has 0 atom stereocenters. The number of anilines is 1. The van der Waals surface area contributed by atoms with Gasteiger partial charge in [0.15, 0.2) is 0 Å². The number of hydrogen-bond acceptors (Lipinski definition) is 6. The molecule has 0 saturated carbocycles. The van der Waals surface area contributed by atoms with Crippen molar-refractivity contribution in [1.29, 1.82) is 0 Å². The molecule has 134 valence electrons. The fourth-order valence-corrected chi connectivity index (χ4v) is 2.63. The number of carbonyl (C=O) groups excluding carboxylic acids is 2. The number of imide groups is 1. The van der Waals surface area contributed by atoms with Crippen LogP contribution < -0.4 is 5.73 Å². The Hall–Kier alpha value is -3.62. The number of aliphatic carboxylic acids is 1. The van der Waals surface area contributed by atoms with Gasteiger partial charge in [0.05, 0.1) is 43.8 Å². The highest BCUT2D eigenvalue weighted by Crippen LogP contribution is 2.22. The van der Waals surface area contributed by atoms with Crippen LogP contribution in [-0.4, -0.2) is 52.2 Å². The molecular formula is C17H16N4O5. The first kappa shape index (κ1) is 17.2. The van der Waals surface area contributed by atoms with Crippen molar-refractivity contribution in [3.8, 4) is 0 Å². The lowest BCUT2D eigenvalue weighted by Gasteiger charge is -2.17. The molecule has 0 spiro atoms. The number of hydrogen-bond donors (Lipinski definition) is 2. The lowest BCUT2D eigenvalue weighted by Crippen LogP contribution is -2.35. The Bertz CT molecular complexity index is 875. The second kappa shape index (κ2) is 7.09. The zero-order valence-electron chi connectivity index (χ0n) is 13.7. The maximum absolute atomic E-state index is 12.8. The fourth-order valence-electron chi connectivity index (χ4n) is 2.63. The predicted octanol–water partition coefficient (Wildman–Crippen LogP) is 1.40. The standard InChI is InChI=1S/C17H16N4O5/c18-13-3-1-2-12(8-14(22)23)15(13)16(24)20-5-6-21(17(20)25)19-9-11-4-7-26-10-11/h1-4,7,9-10H,5-6,8,18H2,(H,22,23). The Labute approximate surface area is 148 Å². The molecule has 3 rings (SSSR count).